The van der Waals surface area contributed by atoms with E-state index in [2.05, 4.69) is 12.1 Å². The van der Waals surface area contributed by atoms with Crippen LogP contribution in [0.3, 0.4) is 0 Å². The monoisotopic (exact) mass is 611 g/mol. The Kier molecular flexibility index (Phi) is 6.30. The Hall–Kier alpha value is -3.49. The standard InChI is InChI=1S/C28H20N2O2.Pt/c1-29-25-15-5-3-13-23(25)19-9-8-12-22(18-19)28(32)30(2)26-16-6-4-14-24(26)20-10-7-11-21(17-20)27(29)31;/h3-16H,1-2H3;/q-2;+4. The fraction of sp³-hybridized carbons (Fsp3) is 0.0714. The SMILES string of the molecule is Cn1c(=O)c2[c-]c(ccc2)c2ccccc2n(C)c(=O)c2[c-]c(ccc2)c2ccccc21.[Pt+4]. The summed E-state index contributed by atoms with van der Waals surface area (Å²) in [6.07, 6.45) is 0. The van der Waals surface area contributed by atoms with Crippen molar-refractivity contribution in [2.24, 2.45) is 14.1 Å². The van der Waals surface area contributed by atoms with Crippen LogP contribution in [0.15, 0.2) is 94.5 Å². The van der Waals surface area contributed by atoms with Crippen LogP contribution < -0.4 is 11.1 Å². The van der Waals surface area contributed by atoms with Crippen molar-refractivity contribution < 1.29 is 21.1 Å². The summed E-state index contributed by atoms with van der Waals surface area (Å²) in [5.74, 6) is 0. The number of para-hydroxylation sites is 2. The van der Waals surface area contributed by atoms with Crippen molar-refractivity contribution in [3.8, 4) is 0 Å². The molecule has 0 aliphatic heterocycles. The average molecular weight is 612 g/mol. The molecule has 0 aliphatic rings. The van der Waals surface area contributed by atoms with Gasteiger partial charge in [-0.1, -0.05) is 57.9 Å². The van der Waals surface area contributed by atoms with Crippen molar-refractivity contribution in [3.63, 3.8) is 0 Å². The predicted octanol–water partition coefficient (Wildman–Crippen LogP) is 4.98. The van der Waals surface area contributed by atoms with E-state index in [4.69, 9.17) is 0 Å². The Morgan fingerprint density at radius 2 is 0.879 bits per heavy atom. The van der Waals surface area contributed by atoms with Crippen LogP contribution in [0.5, 0.6) is 0 Å². The maximum Gasteiger partial charge on any atom is 4.00 e. The topological polar surface area (TPSA) is 44.0 Å². The smallest absolute Gasteiger partial charge is 0.349 e. The van der Waals surface area contributed by atoms with Crippen molar-refractivity contribution in [1.29, 1.82) is 0 Å². The number of fused-ring (bicyclic) bond motifs is 8. The first-order chi connectivity index (χ1) is 15.5. The molecule has 4 nitrogen and oxygen atoms in total. The molecular formula is C28H20N2O2Pt+2. The molecule has 162 valence electrons. The number of hydrogen-bond acceptors (Lipinski definition) is 2. The third-order valence-electron chi connectivity index (χ3n) is 5.77. The Morgan fingerprint density at radius 1 is 0.515 bits per heavy atom. The van der Waals surface area contributed by atoms with Gasteiger partial charge in [0, 0.05) is 25.1 Å². The minimum absolute atomic E-state index is 0. The maximum atomic E-state index is 13.4. The molecule has 0 atom stereocenters. The summed E-state index contributed by atoms with van der Waals surface area (Å²) >= 11 is 0. The summed E-state index contributed by atoms with van der Waals surface area (Å²) in [6, 6.07) is 32.8. The van der Waals surface area contributed by atoms with Crippen LogP contribution in [0.25, 0.3) is 43.4 Å². The third-order valence-corrected chi connectivity index (χ3v) is 5.77. The quantitative estimate of drug-likeness (QED) is 0.232. The van der Waals surface area contributed by atoms with Gasteiger partial charge in [0.1, 0.15) is 0 Å². The minimum atomic E-state index is -0.158. The van der Waals surface area contributed by atoms with Crippen LogP contribution >= 0.6 is 0 Å². The van der Waals surface area contributed by atoms with Crippen molar-refractivity contribution in [2.45, 2.75) is 0 Å². The van der Waals surface area contributed by atoms with Gasteiger partial charge in [0.05, 0.1) is 0 Å². The van der Waals surface area contributed by atoms with E-state index in [1.807, 2.05) is 72.8 Å². The molecule has 0 amide bonds. The number of benzene rings is 4. The molecule has 0 N–H and O–H groups in total. The summed E-state index contributed by atoms with van der Waals surface area (Å²) in [7, 11) is 3.51. The fourth-order valence-corrected chi connectivity index (χ4v) is 4.07. The van der Waals surface area contributed by atoms with Gasteiger partial charge in [0.2, 0.25) is 0 Å². The van der Waals surface area contributed by atoms with Crippen LogP contribution in [0, 0.1) is 12.1 Å². The second-order valence-electron chi connectivity index (χ2n) is 7.72. The minimum Gasteiger partial charge on any atom is -0.349 e. The molecule has 0 saturated heterocycles. The van der Waals surface area contributed by atoms with Gasteiger partial charge in [-0.05, 0) is 12.1 Å². The van der Waals surface area contributed by atoms with E-state index in [0.29, 0.717) is 10.8 Å². The van der Waals surface area contributed by atoms with Crippen LogP contribution in [-0.4, -0.2) is 9.13 Å². The fourth-order valence-electron chi connectivity index (χ4n) is 4.07. The second-order valence-corrected chi connectivity index (χ2v) is 7.72. The first-order valence-electron chi connectivity index (χ1n) is 10.3. The molecule has 0 radical (unpaired) electrons. The normalized spacial score (nSPS) is 10.7. The van der Waals surface area contributed by atoms with Crippen molar-refractivity contribution in [1.82, 2.24) is 9.13 Å². The van der Waals surface area contributed by atoms with E-state index >= 15 is 0 Å². The molecule has 4 aromatic carbocycles. The molecular weight excluding hydrogens is 591 g/mol. The predicted molar refractivity (Wildman–Crippen MR) is 131 cm³/mol. The summed E-state index contributed by atoms with van der Waals surface area (Å²) in [5, 5.41) is 4.07. The Labute approximate surface area is 205 Å². The second kappa shape index (κ2) is 9.17. The van der Waals surface area contributed by atoms with E-state index in [1.54, 1.807) is 35.4 Å². The van der Waals surface area contributed by atoms with Gasteiger partial charge in [0.15, 0.2) is 11.1 Å². The molecule has 5 rings (SSSR count). The van der Waals surface area contributed by atoms with Gasteiger partial charge in [-0.2, -0.15) is 0 Å². The number of aryl methyl sites for hydroxylation is 2. The number of nitrogens with zero attached hydrogens (tertiary/aromatic N) is 2. The van der Waals surface area contributed by atoms with Gasteiger partial charge < -0.3 is 18.7 Å². The Balaban J connectivity index is 0.00000259. The van der Waals surface area contributed by atoms with E-state index in [-0.39, 0.29) is 32.2 Å². The van der Waals surface area contributed by atoms with E-state index < -0.39 is 0 Å². The molecule has 0 unspecified atom stereocenters. The number of rotatable bonds is 0. The van der Waals surface area contributed by atoms with Crippen LogP contribution in [0.1, 0.15) is 0 Å². The van der Waals surface area contributed by atoms with Crippen LogP contribution in [0.4, 0.5) is 0 Å². The molecule has 5 aromatic rings. The van der Waals surface area contributed by atoms with E-state index in [9.17, 15) is 9.59 Å². The first-order valence-corrected chi connectivity index (χ1v) is 10.3. The zero-order valence-corrected chi connectivity index (χ0v) is 20.4. The van der Waals surface area contributed by atoms with Gasteiger partial charge >= 0.3 is 21.1 Å². The zero-order valence-electron chi connectivity index (χ0n) is 18.1. The van der Waals surface area contributed by atoms with Crippen LogP contribution in [-0.2, 0) is 35.2 Å². The largest absolute Gasteiger partial charge is 4.00 e. The average Bonchev–Trinajstić information content (AvgIpc) is 2.86. The number of hydrogen-bond donors (Lipinski definition) is 0. The molecule has 0 saturated carbocycles. The zero-order chi connectivity index (χ0) is 22.2. The molecule has 0 aliphatic carbocycles. The van der Waals surface area contributed by atoms with Crippen molar-refractivity contribution in [3.05, 3.63) is 118 Å². The molecule has 5 heteroatoms. The number of aromatic nitrogens is 2. The molecule has 1 aromatic heterocycles. The maximum absolute atomic E-state index is 13.4. The Morgan fingerprint density at radius 3 is 1.30 bits per heavy atom. The molecule has 4 bridgehead atoms. The first kappa shape index (κ1) is 22.7. The van der Waals surface area contributed by atoms with Gasteiger partial charge in [-0.25, -0.2) is 0 Å². The molecule has 0 spiro atoms. The van der Waals surface area contributed by atoms with E-state index in [1.165, 1.54) is 0 Å². The van der Waals surface area contributed by atoms with E-state index in [0.717, 1.165) is 32.6 Å². The molecule has 33 heavy (non-hydrogen) atoms. The van der Waals surface area contributed by atoms with Crippen molar-refractivity contribution >= 4 is 43.4 Å². The summed E-state index contributed by atoms with van der Waals surface area (Å²) < 4.78 is 3.24. The summed E-state index contributed by atoms with van der Waals surface area (Å²) in [5.41, 5.74) is 1.16. The molecule has 1 heterocycles. The summed E-state index contributed by atoms with van der Waals surface area (Å²) in [6.45, 7) is 0. The van der Waals surface area contributed by atoms with Gasteiger partial charge in [0.25, 0.3) is 0 Å². The summed E-state index contributed by atoms with van der Waals surface area (Å²) in [4.78, 5) is 26.8. The Bertz CT molecular complexity index is 1620. The van der Waals surface area contributed by atoms with Gasteiger partial charge in [-0.3, -0.25) is 0 Å². The van der Waals surface area contributed by atoms with Crippen LogP contribution in [0.2, 0.25) is 0 Å². The molecule has 0 fully saturated rings. The van der Waals surface area contributed by atoms with Gasteiger partial charge in [-0.15, -0.1) is 59.3 Å². The third kappa shape index (κ3) is 4.03. The van der Waals surface area contributed by atoms with Crippen molar-refractivity contribution in [2.75, 3.05) is 0 Å².